The molecule has 0 radical (unpaired) electrons. The zero-order chi connectivity index (χ0) is 16.2. The third-order valence-electron chi connectivity index (χ3n) is 3.52. The van der Waals surface area contributed by atoms with Crippen molar-refractivity contribution in [3.8, 4) is 5.75 Å². The molecule has 0 aromatic heterocycles. The number of ether oxygens (including phenoxy) is 1. The highest BCUT2D eigenvalue weighted by Crippen LogP contribution is 2.36. The molecule has 1 rings (SSSR count). The monoisotopic (exact) mass is 307 g/mol. The second-order valence-corrected chi connectivity index (χ2v) is 7.49. The van der Waals surface area contributed by atoms with E-state index in [1.54, 1.807) is 0 Å². The summed E-state index contributed by atoms with van der Waals surface area (Å²) in [6.07, 6.45) is 1.72. The summed E-state index contributed by atoms with van der Waals surface area (Å²) in [7, 11) is 0. The van der Waals surface area contributed by atoms with Gasteiger partial charge < -0.3 is 10.5 Å². The number of hydrogen-bond donors (Lipinski definition) is 1. The van der Waals surface area contributed by atoms with Crippen LogP contribution >= 0.6 is 12.2 Å². The Bertz CT molecular complexity index is 503. The quantitative estimate of drug-likeness (QED) is 0.783. The number of benzene rings is 1. The molecule has 118 valence electrons. The van der Waals surface area contributed by atoms with Gasteiger partial charge in [-0.15, -0.1) is 0 Å². The van der Waals surface area contributed by atoms with Crippen LogP contribution in [0, 0.1) is 12.8 Å². The van der Waals surface area contributed by atoms with E-state index in [-0.39, 0.29) is 5.41 Å². The predicted molar refractivity (Wildman–Crippen MR) is 95.3 cm³/mol. The lowest BCUT2D eigenvalue weighted by Crippen LogP contribution is -2.17. The Morgan fingerprint density at radius 2 is 1.95 bits per heavy atom. The summed E-state index contributed by atoms with van der Waals surface area (Å²) in [6.45, 7) is 13.7. The molecule has 2 N–H and O–H groups in total. The van der Waals surface area contributed by atoms with Crippen molar-refractivity contribution in [1.29, 1.82) is 0 Å². The highest BCUT2D eigenvalue weighted by atomic mass is 32.1. The minimum Gasteiger partial charge on any atom is -0.493 e. The lowest BCUT2D eigenvalue weighted by molar-refractivity contribution is 0.324. The molecule has 0 saturated carbocycles. The Balaban J connectivity index is 3.23. The molecule has 0 aliphatic rings. The Labute approximate surface area is 135 Å². The summed E-state index contributed by atoms with van der Waals surface area (Å²) in [5.74, 6) is 1.47. The van der Waals surface area contributed by atoms with E-state index in [0.29, 0.717) is 17.5 Å². The molecule has 3 heteroatoms. The predicted octanol–water partition coefficient (Wildman–Crippen LogP) is 4.55. The zero-order valence-corrected chi connectivity index (χ0v) is 15.1. The summed E-state index contributed by atoms with van der Waals surface area (Å²) in [4.78, 5) is 0.587. The Hall–Kier alpha value is -1.09. The van der Waals surface area contributed by atoms with Gasteiger partial charge in [0.25, 0.3) is 0 Å². The fourth-order valence-corrected chi connectivity index (χ4v) is 2.95. The molecule has 0 fully saturated rings. The normalized spacial score (nSPS) is 13.0. The Morgan fingerprint density at radius 1 is 1.33 bits per heavy atom. The highest BCUT2D eigenvalue weighted by Gasteiger charge is 2.22. The molecule has 2 nitrogen and oxygen atoms in total. The number of hydrogen-bond acceptors (Lipinski definition) is 2. The van der Waals surface area contributed by atoms with E-state index in [0.717, 1.165) is 18.6 Å². The van der Waals surface area contributed by atoms with Crippen LogP contribution in [0.15, 0.2) is 12.1 Å². The van der Waals surface area contributed by atoms with E-state index in [4.69, 9.17) is 22.7 Å². The van der Waals surface area contributed by atoms with E-state index in [2.05, 4.69) is 46.8 Å². The maximum atomic E-state index is 5.99. The fraction of sp³-hybridized carbons (Fsp3) is 0.611. The number of aryl methyl sites for hydroxylation is 1. The maximum absolute atomic E-state index is 5.99. The smallest absolute Gasteiger partial charge is 0.126 e. The molecule has 1 atom stereocenters. The largest absolute Gasteiger partial charge is 0.493 e. The molecular weight excluding hydrogens is 278 g/mol. The summed E-state index contributed by atoms with van der Waals surface area (Å²) in [6, 6.07) is 4.48. The first-order valence-corrected chi connectivity index (χ1v) is 8.11. The Morgan fingerprint density at radius 3 is 2.43 bits per heavy atom. The van der Waals surface area contributed by atoms with Crippen LogP contribution in [0.2, 0.25) is 0 Å². The molecule has 0 spiro atoms. The Kier molecular flexibility index (Phi) is 6.21. The van der Waals surface area contributed by atoms with Crippen LogP contribution in [-0.4, -0.2) is 11.6 Å². The SMILES string of the molecule is CCOc1c(CC(C)CC(N)=S)cc(C)cc1C(C)(C)C. The first kappa shape index (κ1) is 18.0. The van der Waals surface area contributed by atoms with Crippen molar-refractivity contribution in [2.75, 3.05) is 6.61 Å². The molecule has 0 aliphatic heterocycles. The number of rotatable bonds is 6. The molecule has 0 heterocycles. The maximum Gasteiger partial charge on any atom is 0.126 e. The average Bonchev–Trinajstić information content (AvgIpc) is 2.29. The van der Waals surface area contributed by atoms with Crippen molar-refractivity contribution in [1.82, 2.24) is 0 Å². The second kappa shape index (κ2) is 7.26. The molecule has 21 heavy (non-hydrogen) atoms. The molecule has 0 aliphatic carbocycles. The molecule has 1 unspecified atom stereocenters. The average molecular weight is 308 g/mol. The molecule has 1 aromatic carbocycles. The van der Waals surface area contributed by atoms with Gasteiger partial charge >= 0.3 is 0 Å². The van der Waals surface area contributed by atoms with Crippen LogP contribution in [0.4, 0.5) is 0 Å². The summed E-state index contributed by atoms with van der Waals surface area (Å²) in [5.41, 5.74) is 9.57. The van der Waals surface area contributed by atoms with Crippen molar-refractivity contribution in [3.05, 3.63) is 28.8 Å². The molecule has 1 aromatic rings. The van der Waals surface area contributed by atoms with Crippen LogP contribution in [0.1, 0.15) is 57.7 Å². The van der Waals surface area contributed by atoms with Crippen LogP contribution < -0.4 is 10.5 Å². The minimum absolute atomic E-state index is 0.0671. The van der Waals surface area contributed by atoms with Crippen LogP contribution in [-0.2, 0) is 11.8 Å². The third-order valence-corrected chi connectivity index (χ3v) is 3.69. The van der Waals surface area contributed by atoms with Crippen molar-refractivity contribution in [3.63, 3.8) is 0 Å². The van der Waals surface area contributed by atoms with E-state index in [1.165, 1.54) is 16.7 Å². The van der Waals surface area contributed by atoms with Gasteiger partial charge in [0.2, 0.25) is 0 Å². The zero-order valence-electron chi connectivity index (χ0n) is 14.2. The molecule has 0 bridgehead atoms. The van der Waals surface area contributed by atoms with E-state index in [9.17, 15) is 0 Å². The van der Waals surface area contributed by atoms with Gasteiger partial charge in [-0.2, -0.15) is 0 Å². The minimum atomic E-state index is 0.0671. The van der Waals surface area contributed by atoms with Gasteiger partial charge in [0, 0.05) is 12.0 Å². The summed E-state index contributed by atoms with van der Waals surface area (Å²) in [5, 5.41) is 0. The van der Waals surface area contributed by atoms with Gasteiger partial charge in [0.15, 0.2) is 0 Å². The second-order valence-electron chi connectivity index (χ2n) is 6.96. The van der Waals surface area contributed by atoms with Crippen molar-refractivity contribution >= 4 is 17.2 Å². The van der Waals surface area contributed by atoms with E-state index in [1.807, 2.05) is 6.92 Å². The van der Waals surface area contributed by atoms with Crippen molar-refractivity contribution in [2.24, 2.45) is 11.7 Å². The topological polar surface area (TPSA) is 35.2 Å². The highest BCUT2D eigenvalue weighted by molar-refractivity contribution is 7.80. The van der Waals surface area contributed by atoms with Gasteiger partial charge in [-0.3, -0.25) is 0 Å². The van der Waals surface area contributed by atoms with Crippen LogP contribution in [0.5, 0.6) is 5.75 Å². The lowest BCUT2D eigenvalue weighted by Gasteiger charge is -2.26. The molecular formula is C18H29NOS. The van der Waals surface area contributed by atoms with Gasteiger partial charge in [-0.05, 0) is 37.2 Å². The van der Waals surface area contributed by atoms with E-state index < -0.39 is 0 Å². The fourth-order valence-electron chi connectivity index (χ4n) is 2.66. The van der Waals surface area contributed by atoms with Gasteiger partial charge in [-0.25, -0.2) is 0 Å². The van der Waals surface area contributed by atoms with Crippen LogP contribution in [0.3, 0.4) is 0 Å². The third kappa shape index (κ3) is 5.31. The first-order valence-electron chi connectivity index (χ1n) is 7.70. The van der Waals surface area contributed by atoms with Gasteiger partial charge in [-0.1, -0.05) is 57.6 Å². The summed E-state index contributed by atoms with van der Waals surface area (Å²) < 4.78 is 5.99. The molecule has 0 saturated heterocycles. The van der Waals surface area contributed by atoms with Gasteiger partial charge in [0.1, 0.15) is 5.75 Å². The number of nitrogens with two attached hydrogens (primary N) is 1. The first-order chi connectivity index (χ1) is 9.65. The number of thiocarbonyl (C=S) groups is 1. The summed E-state index contributed by atoms with van der Waals surface area (Å²) >= 11 is 5.03. The van der Waals surface area contributed by atoms with E-state index >= 15 is 0 Å². The standard InChI is InChI=1S/C18H29NOS/c1-7-20-17-14(9-13(3)11-16(19)21)8-12(2)10-15(17)18(4,5)6/h8,10,13H,7,9,11H2,1-6H3,(H2,19,21). The van der Waals surface area contributed by atoms with Crippen LogP contribution in [0.25, 0.3) is 0 Å². The van der Waals surface area contributed by atoms with Gasteiger partial charge in [0.05, 0.1) is 11.6 Å². The van der Waals surface area contributed by atoms with Crippen molar-refractivity contribution in [2.45, 2.75) is 59.8 Å². The van der Waals surface area contributed by atoms with Crippen molar-refractivity contribution < 1.29 is 4.74 Å². The molecule has 0 amide bonds. The lowest BCUT2D eigenvalue weighted by atomic mass is 9.82.